The Morgan fingerprint density at radius 3 is 2.33 bits per heavy atom. The molecule has 0 bridgehead atoms. The Labute approximate surface area is 234 Å². The van der Waals surface area contributed by atoms with Gasteiger partial charge in [-0.1, -0.05) is 44.2 Å². The second kappa shape index (κ2) is 14.5. The Kier molecular flexibility index (Phi) is 11.2. The molecular weight excluding hydrogens is 486 g/mol. The monoisotopic (exact) mass is 531 g/mol. The fourth-order valence-electron chi connectivity index (χ4n) is 5.05. The molecule has 0 saturated heterocycles. The SMILES string of the molecule is CC.CCOc1ccc(-n2c(C)c3c(C)nnc(NCCN(C)CCCc4ccccc4)c3c2C)c(OC)c1. The quantitative estimate of drug-likeness (QED) is 0.218. The van der Waals surface area contributed by atoms with E-state index in [0.717, 1.165) is 83.3 Å². The lowest BCUT2D eigenvalue weighted by Gasteiger charge is -2.17. The number of anilines is 1. The van der Waals surface area contributed by atoms with Crippen molar-refractivity contribution < 1.29 is 9.47 Å². The first kappa shape index (κ1) is 30.0. The minimum atomic E-state index is 0.613. The van der Waals surface area contributed by atoms with Crippen LogP contribution in [0.4, 0.5) is 5.82 Å². The van der Waals surface area contributed by atoms with Crippen molar-refractivity contribution in [3.63, 3.8) is 0 Å². The summed E-state index contributed by atoms with van der Waals surface area (Å²) in [5.41, 5.74) is 5.50. The Bertz CT molecular complexity index is 1330. The van der Waals surface area contributed by atoms with Gasteiger partial charge in [-0.2, -0.15) is 5.10 Å². The van der Waals surface area contributed by atoms with Crippen LogP contribution in [0, 0.1) is 20.8 Å². The van der Waals surface area contributed by atoms with Crippen LogP contribution >= 0.6 is 0 Å². The number of ether oxygens (including phenoxy) is 2. The van der Waals surface area contributed by atoms with Gasteiger partial charge in [0, 0.05) is 41.3 Å². The summed E-state index contributed by atoms with van der Waals surface area (Å²) in [5.74, 6) is 2.38. The molecule has 0 spiro atoms. The summed E-state index contributed by atoms with van der Waals surface area (Å²) in [6, 6.07) is 16.7. The topological polar surface area (TPSA) is 64.4 Å². The summed E-state index contributed by atoms with van der Waals surface area (Å²) in [6.07, 6.45) is 2.24. The summed E-state index contributed by atoms with van der Waals surface area (Å²) < 4.78 is 13.7. The van der Waals surface area contributed by atoms with E-state index in [1.165, 1.54) is 5.56 Å². The van der Waals surface area contributed by atoms with Crippen LogP contribution < -0.4 is 14.8 Å². The smallest absolute Gasteiger partial charge is 0.158 e. The van der Waals surface area contributed by atoms with Crippen molar-refractivity contribution in [3.05, 3.63) is 71.2 Å². The summed E-state index contributed by atoms with van der Waals surface area (Å²) in [6.45, 7) is 15.7. The molecule has 0 radical (unpaired) electrons. The number of nitrogens with zero attached hydrogens (tertiary/aromatic N) is 4. The van der Waals surface area contributed by atoms with Gasteiger partial charge in [0.05, 0.1) is 25.1 Å². The maximum absolute atomic E-state index is 5.75. The summed E-state index contributed by atoms with van der Waals surface area (Å²) in [7, 11) is 3.87. The maximum atomic E-state index is 5.75. The average molecular weight is 532 g/mol. The van der Waals surface area contributed by atoms with Crippen LogP contribution in [0.15, 0.2) is 48.5 Å². The van der Waals surface area contributed by atoms with Crippen molar-refractivity contribution in [1.82, 2.24) is 19.7 Å². The Morgan fingerprint density at radius 2 is 1.64 bits per heavy atom. The summed E-state index contributed by atoms with van der Waals surface area (Å²) in [4.78, 5) is 2.36. The molecule has 0 saturated carbocycles. The lowest BCUT2D eigenvalue weighted by molar-refractivity contribution is 0.336. The second-order valence-corrected chi connectivity index (χ2v) is 9.48. The van der Waals surface area contributed by atoms with Gasteiger partial charge < -0.3 is 24.3 Å². The number of hydrogen-bond acceptors (Lipinski definition) is 6. The van der Waals surface area contributed by atoms with E-state index in [0.29, 0.717) is 6.61 Å². The first-order valence-electron chi connectivity index (χ1n) is 14.1. The first-order chi connectivity index (χ1) is 18.9. The first-order valence-corrected chi connectivity index (χ1v) is 14.1. The zero-order valence-corrected chi connectivity index (χ0v) is 25.0. The molecule has 1 N–H and O–H groups in total. The molecule has 0 fully saturated rings. The molecule has 0 aliphatic heterocycles. The number of likely N-dealkylation sites (N-methyl/N-ethyl adjacent to an activating group) is 1. The summed E-state index contributed by atoms with van der Waals surface area (Å²) >= 11 is 0. The van der Waals surface area contributed by atoms with E-state index in [1.54, 1.807) is 7.11 Å². The molecule has 0 aliphatic carbocycles. The van der Waals surface area contributed by atoms with Gasteiger partial charge in [0.15, 0.2) is 5.82 Å². The van der Waals surface area contributed by atoms with Gasteiger partial charge in [-0.15, -0.1) is 5.10 Å². The van der Waals surface area contributed by atoms with Gasteiger partial charge in [-0.3, -0.25) is 0 Å². The number of benzene rings is 2. The zero-order valence-electron chi connectivity index (χ0n) is 25.0. The molecule has 0 atom stereocenters. The largest absolute Gasteiger partial charge is 0.494 e. The highest BCUT2D eigenvalue weighted by Crippen LogP contribution is 2.37. The molecule has 4 rings (SSSR count). The minimum Gasteiger partial charge on any atom is -0.494 e. The molecule has 2 heterocycles. The molecule has 7 nitrogen and oxygen atoms in total. The number of methoxy groups -OCH3 is 1. The van der Waals surface area contributed by atoms with Gasteiger partial charge in [-0.05, 0) is 71.8 Å². The van der Waals surface area contributed by atoms with Gasteiger partial charge in [0.1, 0.15) is 11.5 Å². The molecule has 39 heavy (non-hydrogen) atoms. The van der Waals surface area contributed by atoms with Crippen LogP contribution in [-0.2, 0) is 6.42 Å². The number of aromatic nitrogens is 3. The van der Waals surface area contributed by atoms with Crippen LogP contribution in [0.25, 0.3) is 16.5 Å². The molecular formula is C32H45N5O2. The highest BCUT2D eigenvalue weighted by Gasteiger charge is 2.21. The lowest BCUT2D eigenvalue weighted by Crippen LogP contribution is -2.26. The van der Waals surface area contributed by atoms with Crippen molar-refractivity contribution in [2.24, 2.45) is 0 Å². The third kappa shape index (κ3) is 7.09. The van der Waals surface area contributed by atoms with Gasteiger partial charge in [0.2, 0.25) is 0 Å². The van der Waals surface area contributed by atoms with E-state index in [9.17, 15) is 0 Å². The molecule has 2 aromatic heterocycles. The number of rotatable bonds is 12. The molecule has 0 unspecified atom stereocenters. The van der Waals surface area contributed by atoms with Crippen molar-refractivity contribution in [2.45, 2.75) is 54.4 Å². The van der Waals surface area contributed by atoms with E-state index < -0.39 is 0 Å². The van der Waals surface area contributed by atoms with E-state index in [-0.39, 0.29) is 0 Å². The van der Waals surface area contributed by atoms with Gasteiger partial charge in [-0.25, -0.2) is 0 Å². The van der Waals surface area contributed by atoms with Crippen molar-refractivity contribution in [1.29, 1.82) is 0 Å². The third-order valence-electron chi connectivity index (χ3n) is 6.88. The second-order valence-electron chi connectivity index (χ2n) is 9.48. The predicted octanol–water partition coefficient (Wildman–Crippen LogP) is 6.76. The summed E-state index contributed by atoms with van der Waals surface area (Å²) in [5, 5.41) is 14.8. The Hall–Kier alpha value is -3.58. The van der Waals surface area contributed by atoms with Crippen LogP contribution in [0.2, 0.25) is 0 Å². The van der Waals surface area contributed by atoms with Crippen LogP contribution in [0.3, 0.4) is 0 Å². The molecule has 2 aromatic carbocycles. The molecule has 4 aromatic rings. The standard InChI is InChI=1S/C30H39N5O2.C2H6/c1-7-37-25-15-16-26(27(20-25)36-6)35-22(3)28-21(2)32-33-30(29(28)23(35)4)31-17-19-34(5)18-11-14-24-12-9-8-10-13-24;1-2/h8-10,12-13,15-16,20H,7,11,14,17-19H2,1-6H3,(H,31,33);1-2H3. The van der Waals surface area contributed by atoms with E-state index in [1.807, 2.05) is 39.8 Å². The predicted molar refractivity (Wildman–Crippen MR) is 163 cm³/mol. The fourth-order valence-corrected chi connectivity index (χ4v) is 5.05. The van der Waals surface area contributed by atoms with Gasteiger partial charge >= 0.3 is 0 Å². The van der Waals surface area contributed by atoms with E-state index in [2.05, 4.69) is 82.3 Å². The average Bonchev–Trinajstić information content (AvgIpc) is 3.22. The van der Waals surface area contributed by atoms with Crippen LogP contribution in [-0.4, -0.2) is 60.1 Å². The number of hydrogen-bond donors (Lipinski definition) is 1. The number of aryl methyl sites for hydroxylation is 4. The fraction of sp³-hybridized carbons (Fsp3) is 0.438. The zero-order chi connectivity index (χ0) is 28.4. The minimum absolute atomic E-state index is 0.613. The molecule has 0 aliphatic rings. The number of nitrogens with one attached hydrogen (secondary N) is 1. The maximum Gasteiger partial charge on any atom is 0.158 e. The molecule has 7 heteroatoms. The highest BCUT2D eigenvalue weighted by atomic mass is 16.5. The van der Waals surface area contributed by atoms with Crippen LogP contribution in [0.1, 0.15) is 49.8 Å². The van der Waals surface area contributed by atoms with Crippen molar-refractivity contribution >= 4 is 16.6 Å². The van der Waals surface area contributed by atoms with Crippen LogP contribution in [0.5, 0.6) is 11.5 Å². The lowest BCUT2D eigenvalue weighted by atomic mass is 10.1. The highest BCUT2D eigenvalue weighted by molar-refractivity contribution is 5.98. The van der Waals surface area contributed by atoms with E-state index in [4.69, 9.17) is 9.47 Å². The molecule has 210 valence electrons. The van der Waals surface area contributed by atoms with E-state index >= 15 is 0 Å². The molecule has 0 amide bonds. The van der Waals surface area contributed by atoms with Crippen molar-refractivity contribution in [2.75, 3.05) is 45.7 Å². The Balaban J connectivity index is 0.00000205. The Morgan fingerprint density at radius 1 is 0.923 bits per heavy atom. The van der Waals surface area contributed by atoms with Gasteiger partial charge in [0.25, 0.3) is 0 Å². The third-order valence-corrected chi connectivity index (χ3v) is 6.88. The van der Waals surface area contributed by atoms with Crippen molar-refractivity contribution in [3.8, 4) is 17.2 Å². The normalized spacial score (nSPS) is 10.9. The number of fused-ring (bicyclic) bond motifs is 1.